The molecule has 0 bridgehead atoms. The van der Waals surface area contributed by atoms with Crippen LogP contribution in [0.25, 0.3) is 0 Å². The minimum absolute atomic E-state index is 0.454. The van der Waals surface area contributed by atoms with E-state index in [0.717, 1.165) is 6.29 Å². The van der Waals surface area contributed by atoms with Gasteiger partial charge >= 0.3 is 0 Å². The highest BCUT2D eigenvalue weighted by atomic mass is 32.1. The second kappa shape index (κ2) is 5.34. The summed E-state index contributed by atoms with van der Waals surface area (Å²) in [6.07, 6.45) is 0.768. The van der Waals surface area contributed by atoms with Gasteiger partial charge in [-0.05, 0) is 12.1 Å². The van der Waals surface area contributed by atoms with Crippen LogP contribution in [0.1, 0.15) is 15.2 Å². The number of aldehydes is 1. The highest BCUT2D eigenvalue weighted by Gasteiger charge is 2.05. The molecule has 90 valence electrons. The van der Waals surface area contributed by atoms with Crippen LogP contribution in [-0.2, 0) is 0 Å². The largest absolute Gasteiger partial charge is 0.497 e. The molecule has 2 aromatic rings. The van der Waals surface area contributed by atoms with Gasteiger partial charge in [0.25, 0.3) is 0 Å². The van der Waals surface area contributed by atoms with Gasteiger partial charge < -0.3 is 9.47 Å². The minimum atomic E-state index is 0.454. The molecule has 1 aromatic carbocycles. The van der Waals surface area contributed by atoms with Gasteiger partial charge in [0.1, 0.15) is 17.2 Å². The van der Waals surface area contributed by atoms with E-state index in [2.05, 4.69) is 0 Å². The molecule has 4 nitrogen and oxygen atoms in total. The van der Waals surface area contributed by atoms with E-state index >= 15 is 0 Å². The molecular weight excluding hydrogens is 250 g/mol. The summed E-state index contributed by atoms with van der Waals surface area (Å²) >= 11 is 1.30. The average Bonchev–Trinajstić information content (AvgIpc) is 2.85. The first kappa shape index (κ1) is 12.1. The lowest BCUT2D eigenvalue weighted by Gasteiger charge is -2.06. The second-order valence-corrected chi connectivity index (χ2v) is 4.36. The van der Waals surface area contributed by atoms with Crippen molar-refractivity contribution in [3.05, 3.63) is 40.1 Å². The van der Waals surface area contributed by atoms with Crippen LogP contribution in [0.5, 0.6) is 17.2 Å². The predicted octanol–water partition coefficient (Wildman–Crippen LogP) is 3.23. The zero-order chi connectivity index (χ0) is 13.0. The molecule has 0 atom stereocenters. The molecule has 2 rings (SSSR count). The number of benzene rings is 1. The third-order valence-corrected chi connectivity index (χ3v) is 3.03. The lowest BCUT2D eigenvalue weighted by atomic mass is 10.2. The summed E-state index contributed by atoms with van der Waals surface area (Å²) in [6.45, 7) is 0. The van der Waals surface area contributed by atoms with E-state index in [1.807, 2.05) is 6.07 Å². The van der Waals surface area contributed by atoms with E-state index in [-0.39, 0.29) is 0 Å². The van der Waals surface area contributed by atoms with E-state index in [4.69, 9.17) is 14.7 Å². The number of thiophene rings is 1. The number of hydrogen-bond acceptors (Lipinski definition) is 5. The van der Waals surface area contributed by atoms with Gasteiger partial charge in [0.05, 0.1) is 23.6 Å². The Bertz CT molecular complexity index is 613. The van der Waals surface area contributed by atoms with Crippen molar-refractivity contribution >= 4 is 17.6 Å². The summed E-state index contributed by atoms with van der Waals surface area (Å²) in [7, 11) is 1.52. The Labute approximate surface area is 108 Å². The molecule has 0 saturated carbocycles. The molecule has 0 unspecified atom stereocenters. The van der Waals surface area contributed by atoms with E-state index in [1.165, 1.54) is 18.4 Å². The highest BCUT2D eigenvalue weighted by molar-refractivity contribution is 7.11. The number of rotatable bonds is 4. The van der Waals surface area contributed by atoms with Crippen molar-refractivity contribution in [2.24, 2.45) is 0 Å². The standard InChI is InChI=1S/C13H9NO3S/c1-16-10-2-9(6-14)3-11(4-10)17-12-5-13(7-15)18-8-12/h2-5,7-8H,1H3. The molecule has 0 N–H and O–H groups in total. The molecule has 1 heterocycles. The molecule has 0 fully saturated rings. The van der Waals surface area contributed by atoms with Crippen LogP contribution in [0.3, 0.4) is 0 Å². The second-order valence-electron chi connectivity index (χ2n) is 3.41. The Morgan fingerprint density at radius 1 is 1.22 bits per heavy atom. The van der Waals surface area contributed by atoms with Crippen LogP contribution in [0, 0.1) is 11.3 Å². The molecule has 5 heteroatoms. The van der Waals surface area contributed by atoms with E-state index in [9.17, 15) is 4.79 Å². The van der Waals surface area contributed by atoms with Gasteiger partial charge in [-0.2, -0.15) is 5.26 Å². The smallest absolute Gasteiger partial charge is 0.160 e. The molecule has 0 amide bonds. The summed E-state index contributed by atoms with van der Waals surface area (Å²) in [5, 5.41) is 10.6. The number of nitrogens with zero attached hydrogens (tertiary/aromatic N) is 1. The molecule has 18 heavy (non-hydrogen) atoms. The van der Waals surface area contributed by atoms with Crippen molar-refractivity contribution in [3.63, 3.8) is 0 Å². The SMILES string of the molecule is COc1cc(C#N)cc(Oc2csc(C=O)c2)c1. The first-order chi connectivity index (χ1) is 8.75. The lowest BCUT2D eigenvalue weighted by Crippen LogP contribution is -1.88. The maximum absolute atomic E-state index is 10.6. The number of methoxy groups -OCH3 is 1. The predicted molar refractivity (Wildman–Crippen MR) is 67.5 cm³/mol. The fourth-order valence-corrected chi connectivity index (χ4v) is 2.01. The third kappa shape index (κ3) is 2.67. The van der Waals surface area contributed by atoms with Crippen molar-refractivity contribution < 1.29 is 14.3 Å². The monoisotopic (exact) mass is 259 g/mol. The highest BCUT2D eigenvalue weighted by Crippen LogP contribution is 2.29. The summed E-state index contributed by atoms with van der Waals surface area (Å²) in [5.74, 6) is 1.62. The molecule has 0 radical (unpaired) electrons. The van der Waals surface area contributed by atoms with E-state index in [0.29, 0.717) is 27.7 Å². The molecule has 1 aromatic heterocycles. The molecule has 0 saturated heterocycles. The Morgan fingerprint density at radius 3 is 2.61 bits per heavy atom. The molecular formula is C13H9NO3S. The van der Waals surface area contributed by atoms with Crippen LogP contribution in [0.4, 0.5) is 0 Å². The van der Waals surface area contributed by atoms with Gasteiger partial charge in [-0.1, -0.05) is 0 Å². The van der Waals surface area contributed by atoms with E-state index < -0.39 is 0 Å². The topological polar surface area (TPSA) is 59.3 Å². The zero-order valence-corrected chi connectivity index (χ0v) is 10.4. The van der Waals surface area contributed by atoms with Gasteiger partial charge in [0.15, 0.2) is 6.29 Å². The maximum atomic E-state index is 10.6. The van der Waals surface area contributed by atoms with Gasteiger partial charge in [-0.3, -0.25) is 4.79 Å². The van der Waals surface area contributed by atoms with E-state index in [1.54, 1.807) is 29.6 Å². The summed E-state index contributed by atoms with van der Waals surface area (Å²) in [4.78, 5) is 11.2. The average molecular weight is 259 g/mol. The van der Waals surface area contributed by atoms with Crippen LogP contribution in [0.2, 0.25) is 0 Å². The molecule has 0 aliphatic heterocycles. The van der Waals surface area contributed by atoms with Gasteiger partial charge in [-0.15, -0.1) is 11.3 Å². The van der Waals surface area contributed by atoms with Crippen molar-refractivity contribution in [3.8, 4) is 23.3 Å². The molecule has 0 aliphatic rings. The Morgan fingerprint density at radius 2 is 2.00 bits per heavy atom. The first-order valence-corrected chi connectivity index (χ1v) is 5.94. The molecule has 0 aliphatic carbocycles. The maximum Gasteiger partial charge on any atom is 0.160 e. The first-order valence-electron chi connectivity index (χ1n) is 5.06. The van der Waals surface area contributed by atoms with Crippen molar-refractivity contribution in [2.45, 2.75) is 0 Å². The Kier molecular flexibility index (Phi) is 3.60. The fraction of sp³-hybridized carbons (Fsp3) is 0.0769. The fourth-order valence-electron chi connectivity index (χ4n) is 1.40. The van der Waals surface area contributed by atoms with Crippen LogP contribution >= 0.6 is 11.3 Å². The van der Waals surface area contributed by atoms with Gasteiger partial charge in [0.2, 0.25) is 0 Å². The van der Waals surface area contributed by atoms with Crippen LogP contribution in [0.15, 0.2) is 29.6 Å². The Hall–Kier alpha value is -2.32. The summed E-state index contributed by atoms with van der Waals surface area (Å²) < 4.78 is 10.6. The number of carbonyl (C=O) groups excluding carboxylic acids is 1. The molecule has 0 spiro atoms. The lowest BCUT2D eigenvalue weighted by molar-refractivity contribution is 0.112. The minimum Gasteiger partial charge on any atom is -0.497 e. The Balaban J connectivity index is 2.28. The normalized spacial score (nSPS) is 9.56. The van der Waals surface area contributed by atoms with Gasteiger partial charge in [-0.25, -0.2) is 0 Å². The number of nitriles is 1. The van der Waals surface area contributed by atoms with Crippen LogP contribution in [-0.4, -0.2) is 13.4 Å². The number of hydrogen-bond donors (Lipinski definition) is 0. The third-order valence-electron chi connectivity index (χ3n) is 2.19. The summed E-state index contributed by atoms with van der Waals surface area (Å²) in [6, 6.07) is 8.59. The quantitative estimate of drug-likeness (QED) is 0.791. The van der Waals surface area contributed by atoms with Crippen LogP contribution < -0.4 is 9.47 Å². The van der Waals surface area contributed by atoms with Crippen molar-refractivity contribution in [1.29, 1.82) is 5.26 Å². The van der Waals surface area contributed by atoms with Crippen molar-refractivity contribution in [2.75, 3.05) is 7.11 Å². The van der Waals surface area contributed by atoms with Crippen molar-refractivity contribution in [1.82, 2.24) is 0 Å². The number of ether oxygens (including phenoxy) is 2. The zero-order valence-electron chi connectivity index (χ0n) is 9.54. The summed E-state index contributed by atoms with van der Waals surface area (Å²) in [5.41, 5.74) is 0.454. The number of carbonyl (C=O) groups is 1. The van der Waals surface area contributed by atoms with Gasteiger partial charge in [0, 0.05) is 17.5 Å².